The van der Waals surface area contributed by atoms with Crippen LogP contribution in [0.5, 0.6) is 0 Å². The number of thiophene rings is 1. The lowest BCUT2D eigenvalue weighted by Gasteiger charge is -2.31. The molecule has 9 nitrogen and oxygen atoms in total. The van der Waals surface area contributed by atoms with Gasteiger partial charge >= 0.3 is 0 Å². The second-order valence-electron chi connectivity index (χ2n) is 10.2. The fourth-order valence-electron chi connectivity index (χ4n) is 6.09. The summed E-state index contributed by atoms with van der Waals surface area (Å²) in [6, 6.07) is 8.87. The van der Waals surface area contributed by atoms with Crippen LogP contribution in [-0.2, 0) is 32.3 Å². The van der Waals surface area contributed by atoms with E-state index in [-0.39, 0.29) is 23.9 Å². The summed E-state index contributed by atoms with van der Waals surface area (Å²) >= 11 is 1.26. The Morgan fingerprint density at radius 1 is 1.19 bits per heavy atom. The number of carbonyl (C=O) groups excluding carboxylic acids is 2. The zero-order valence-electron chi connectivity index (χ0n) is 20.8. The Hall–Kier alpha value is -3.05. The Morgan fingerprint density at radius 2 is 2.00 bits per heavy atom. The maximum Gasteiger partial charge on any atom is 0.246 e. The number of hydrogen-bond acceptors (Lipinski definition) is 7. The van der Waals surface area contributed by atoms with Crippen LogP contribution in [0.3, 0.4) is 0 Å². The molecule has 6 rings (SSSR count). The summed E-state index contributed by atoms with van der Waals surface area (Å²) in [6.07, 6.45) is 5.21. The smallest absolute Gasteiger partial charge is 0.246 e. The Kier molecular flexibility index (Phi) is 5.95. The third-order valence-electron chi connectivity index (χ3n) is 7.94. The number of para-hydroxylation sites is 1. The van der Waals surface area contributed by atoms with Gasteiger partial charge in [0, 0.05) is 49.8 Å². The van der Waals surface area contributed by atoms with Crippen molar-refractivity contribution < 1.29 is 18.0 Å². The van der Waals surface area contributed by atoms with Gasteiger partial charge in [-0.15, -0.1) is 16.4 Å². The fourth-order valence-corrected chi connectivity index (χ4v) is 9.30. The molecular formula is C26H29N5O4S2. The molecule has 3 aromatic rings. The fraction of sp³-hybridized carbons (Fsp3) is 0.462. The number of benzene rings is 1. The molecule has 3 aliphatic rings. The SMILES string of the molecule is CC(=O)N1c2ccccc2C[C@H]1C(=O)N1CCCC1Cc1cn([C@H]2C[C@H](C)S(=O)(=O)c3sccc32)nn1. The molecule has 0 spiro atoms. The van der Waals surface area contributed by atoms with E-state index in [1.54, 1.807) is 16.5 Å². The highest BCUT2D eigenvalue weighted by Gasteiger charge is 2.42. The number of fused-ring (bicyclic) bond motifs is 2. The van der Waals surface area contributed by atoms with E-state index in [0.29, 0.717) is 30.0 Å². The molecule has 0 bridgehead atoms. The molecule has 0 N–H and O–H groups in total. The summed E-state index contributed by atoms with van der Waals surface area (Å²) in [7, 11) is -3.30. The standard InChI is InChI=1S/C26H29N5O4S2/c1-16-12-23(21-9-11-36-26(21)37(16,34)35)30-15-19(27-28-30)14-20-7-5-10-29(20)25(33)24-13-18-6-3-4-8-22(18)31(24)17(2)32/h3-4,6,8-9,11,15-16,20,23-24H,5,7,10,12-14H2,1-2H3/t16-,20?,23-,24-/m0/s1. The molecular weight excluding hydrogens is 510 g/mol. The molecule has 0 saturated carbocycles. The first-order valence-electron chi connectivity index (χ1n) is 12.7. The van der Waals surface area contributed by atoms with Crippen LogP contribution in [0.4, 0.5) is 5.69 Å². The highest BCUT2D eigenvalue weighted by atomic mass is 32.2. The van der Waals surface area contributed by atoms with E-state index < -0.39 is 21.1 Å². The largest absolute Gasteiger partial charge is 0.338 e. The quantitative estimate of drug-likeness (QED) is 0.505. The van der Waals surface area contributed by atoms with Crippen molar-refractivity contribution in [3.63, 3.8) is 0 Å². The van der Waals surface area contributed by atoms with E-state index in [1.165, 1.54) is 18.3 Å². The number of aromatic nitrogens is 3. The van der Waals surface area contributed by atoms with E-state index in [4.69, 9.17) is 0 Å². The van der Waals surface area contributed by atoms with E-state index in [9.17, 15) is 18.0 Å². The normalized spacial score (nSPS) is 26.2. The molecule has 0 aliphatic carbocycles. The summed E-state index contributed by atoms with van der Waals surface area (Å²) in [6.45, 7) is 3.92. The van der Waals surface area contributed by atoms with Crippen molar-refractivity contribution in [3.8, 4) is 0 Å². The van der Waals surface area contributed by atoms with Crippen molar-refractivity contribution in [2.45, 2.75) is 73.5 Å². The first kappa shape index (κ1) is 24.3. The predicted molar refractivity (Wildman–Crippen MR) is 139 cm³/mol. The monoisotopic (exact) mass is 539 g/mol. The van der Waals surface area contributed by atoms with E-state index in [1.807, 2.05) is 46.8 Å². The van der Waals surface area contributed by atoms with Crippen LogP contribution in [0.25, 0.3) is 0 Å². The van der Waals surface area contributed by atoms with Gasteiger partial charge in [0.1, 0.15) is 10.3 Å². The number of carbonyl (C=O) groups is 2. The first-order valence-corrected chi connectivity index (χ1v) is 15.1. The summed E-state index contributed by atoms with van der Waals surface area (Å²) in [5.74, 6) is -0.144. The lowest BCUT2D eigenvalue weighted by Crippen LogP contribution is -2.51. The third-order valence-corrected chi connectivity index (χ3v) is 11.7. The minimum atomic E-state index is -3.30. The third kappa shape index (κ3) is 3.99. The van der Waals surface area contributed by atoms with Crippen LogP contribution in [0, 0.1) is 0 Å². The van der Waals surface area contributed by atoms with Crippen molar-refractivity contribution in [1.82, 2.24) is 19.9 Å². The minimum Gasteiger partial charge on any atom is -0.338 e. The molecule has 1 aromatic carbocycles. The predicted octanol–water partition coefficient (Wildman–Crippen LogP) is 3.01. The highest BCUT2D eigenvalue weighted by Crippen LogP contribution is 2.41. The van der Waals surface area contributed by atoms with Gasteiger partial charge in [0.25, 0.3) is 0 Å². The molecule has 0 radical (unpaired) electrons. The maximum atomic E-state index is 13.7. The number of nitrogens with zero attached hydrogens (tertiary/aromatic N) is 5. The van der Waals surface area contributed by atoms with Crippen molar-refractivity contribution in [1.29, 1.82) is 0 Å². The van der Waals surface area contributed by atoms with E-state index >= 15 is 0 Å². The lowest BCUT2D eigenvalue weighted by atomic mass is 10.0. The Morgan fingerprint density at radius 3 is 2.81 bits per heavy atom. The Labute approximate surface area is 220 Å². The zero-order valence-corrected chi connectivity index (χ0v) is 22.4. The molecule has 194 valence electrons. The second kappa shape index (κ2) is 9.05. The number of amides is 2. The molecule has 1 unspecified atom stereocenters. The molecule has 4 atom stereocenters. The molecule has 1 fully saturated rings. The van der Waals surface area contributed by atoms with Gasteiger partial charge in [0.15, 0.2) is 9.84 Å². The average Bonchev–Trinajstić information content (AvgIpc) is 3.67. The van der Waals surface area contributed by atoms with Gasteiger partial charge in [0.05, 0.1) is 17.0 Å². The second-order valence-corrected chi connectivity index (χ2v) is 13.7. The van der Waals surface area contributed by atoms with Gasteiger partial charge in [-0.3, -0.25) is 14.5 Å². The summed E-state index contributed by atoms with van der Waals surface area (Å²) in [5, 5.41) is 10.1. The number of rotatable bonds is 4. The molecule has 1 saturated heterocycles. The number of sulfone groups is 1. The molecule has 11 heteroatoms. The van der Waals surface area contributed by atoms with E-state index in [0.717, 1.165) is 35.3 Å². The van der Waals surface area contributed by atoms with Gasteiger partial charge in [-0.2, -0.15) is 0 Å². The van der Waals surface area contributed by atoms with Crippen molar-refractivity contribution >= 4 is 38.7 Å². The average molecular weight is 540 g/mol. The molecule has 2 amide bonds. The van der Waals surface area contributed by atoms with Gasteiger partial charge in [-0.05, 0) is 49.3 Å². The van der Waals surface area contributed by atoms with Crippen LogP contribution in [0.1, 0.15) is 56.0 Å². The lowest BCUT2D eigenvalue weighted by molar-refractivity contribution is -0.134. The van der Waals surface area contributed by atoms with Crippen LogP contribution < -0.4 is 4.90 Å². The molecule has 5 heterocycles. The first-order chi connectivity index (χ1) is 17.8. The Balaban J connectivity index is 1.20. The number of likely N-dealkylation sites (tertiary alicyclic amines) is 1. The number of hydrogen-bond donors (Lipinski definition) is 0. The van der Waals surface area contributed by atoms with Gasteiger partial charge in [0.2, 0.25) is 11.8 Å². The van der Waals surface area contributed by atoms with Crippen molar-refractivity contribution in [2.75, 3.05) is 11.4 Å². The molecule has 3 aliphatic heterocycles. The maximum absolute atomic E-state index is 13.7. The van der Waals surface area contributed by atoms with Crippen LogP contribution >= 0.6 is 11.3 Å². The van der Waals surface area contributed by atoms with Crippen LogP contribution in [0.15, 0.2) is 46.1 Å². The minimum absolute atomic E-state index is 0.0162. The van der Waals surface area contributed by atoms with Gasteiger partial charge in [-0.25, -0.2) is 13.1 Å². The van der Waals surface area contributed by atoms with Crippen molar-refractivity contribution in [2.24, 2.45) is 0 Å². The van der Waals surface area contributed by atoms with Gasteiger partial charge in [-0.1, -0.05) is 23.4 Å². The Bertz CT molecular complexity index is 1480. The summed E-state index contributed by atoms with van der Waals surface area (Å²) < 4.78 is 27.7. The zero-order chi connectivity index (χ0) is 25.9. The molecule has 37 heavy (non-hydrogen) atoms. The summed E-state index contributed by atoms with van der Waals surface area (Å²) in [5.41, 5.74) is 3.40. The van der Waals surface area contributed by atoms with Crippen LogP contribution in [0.2, 0.25) is 0 Å². The van der Waals surface area contributed by atoms with Gasteiger partial charge < -0.3 is 4.90 Å². The molecule has 2 aromatic heterocycles. The topological polar surface area (TPSA) is 105 Å². The summed E-state index contributed by atoms with van der Waals surface area (Å²) in [4.78, 5) is 29.8. The van der Waals surface area contributed by atoms with Crippen LogP contribution in [-0.4, -0.2) is 64.0 Å². The van der Waals surface area contributed by atoms with Crippen molar-refractivity contribution in [3.05, 3.63) is 58.7 Å². The highest BCUT2D eigenvalue weighted by molar-refractivity contribution is 7.94. The van der Waals surface area contributed by atoms with E-state index in [2.05, 4.69) is 10.3 Å². The number of anilines is 1.